The van der Waals surface area contributed by atoms with E-state index in [1.165, 1.54) is 19.4 Å². The predicted molar refractivity (Wildman–Crippen MR) is 72.9 cm³/mol. The standard InChI is InChI=1S/C11H18BrN5/c1-17-4-2-3-8(7-17)5-14-10-9(12)6-15-11(13)16-10/h6,8H,2-5,7H2,1H3,(H3,13,14,15,16). The summed E-state index contributed by atoms with van der Waals surface area (Å²) >= 11 is 3.41. The van der Waals surface area contributed by atoms with Crippen molar-refractivity contribution in [2.75, 3.05) is 37.7 Å². The van der Waals surface area contributed by atoms with Crippen LogP contribution in [-0.2, 0) is 0 Å². The molecule has 0 amide bonds. The Bertz CT molecular complexity index is 384. The van der Waals surface area contributed by atoms with E-state index in [-0.39, 0.29) is 0 Å². The van der Waals surface area contributed by atoms with E-state index >= 15 is 0 Å². The van der Waals surface area contributed by atoms with Gasteiger partial charge in [0.05, 0.1) is 4.47 Å². The first-order valence-corrected chi connectivity index (χ1v) is 6.65. The smallest absolute Gasteiger partial charge is 0.221 e. The van der Waals surface area contributed by atoms with E-state index in [1.54, 1.807) is 6.20 Å². The highest BCUT2D eigenvalue weighted by atomic mass is 79.9. The zero-order valence-corrected chi connectivity index (χ0v) is 11.6. The molecule has 0 bridgehead atoms. The molecule has 0 aromatic carbocycles. The number of nitrogens with two attached hydrogens (primary N) is 1. The van der Waals surface area contributed by atoms with Gasteiger partial charge in [0.1, 0.15) is 5.82 Å². The van der Waals surface area contributed by atoms with E-state index in [0.717, 1.165) is 23.4 Å². The minimum Gasteiger partial charge on any atom is -0.369 e. The summed E-state index contributed by atoms with van der Waals surface area (Å²) in [6.07, 6.45) is 4.23. The highest BCUT2D eigenvalue weighted by Crippen LogP contribution is 2.21. The normalized spacial score (nSPS) is 21.4. The number of likely N-dealkylation sites (tertiary alicyclic amines) is 1. The zero-order valence-electron chi connectivity index (χ0n) is 9.99. The highest BCUT2D eigenvalue weighted by molar-refractivity contribution is 9.10. The second kappa shape index (κ2) is 5.64. The Kier molecular flexibility index (Phi) is 4.17. The fourth-order valence-electron chi connectivity index (χ4n) is 2.19. The quantitative estimate of drug-likeness (QED) is 0.887. The molecule has 17 heavy (non-hydrogen) atoms. The van der Waals surface area contributed by atoms with Crippen molar-refractivity contribution in [2.24, 2.45) is 5.92 Å². The third-order valence-electron chi connectivity index (χ3n) is 3.04. The van der Waals surface area contributed by atoms with E-state index in [2.05, 4.69) is 43.2 Å². The minimum atomic E-state index is 0.302. The number of halogens is 1. The van der Waals surface area contributed by atoms with Crippen LogP contribution in [0.2, 0.25) is 0 Å². The Labute approximate surface area is 110 Å². The van der Waals surface area contributed by atoms with E-state index in [1.807, 2.05) is 0 Å². The fraction of sp³-hybridized carbons (Fsp3) is 0.636. The Morgan fingerprint density at radius 1 is 1.65 bits per heavy atom. The van der Waals surface area contributed by atoms with Crippen molar-refractivity contribution in [1.29, 1.82) is 0 Å². The molecule has 1 aliphatic heterocycles. The lowest BCUT2D eigenvalue weighted by Gasteiger charge is -2.29. The molecule has 5 nitrogen and oxygen atoms in total. The van der Waals surface area contributed by atoms with Gasteiger partial charge in [0, 0.05) is 19.3 Å². The van der Waals surface area contributed by atoms with E-state index in [4.69, 9.17) is 5.73 Å². The van der Waals surface area contributed by atoms with Crippen LogP contribution in [0.15, 0.2) is 10.7 Å². The van der Waals surface area contributed by atoms with Gasteiger partial charge in [-0.05, 0) is 48.3 Å². The molecule has 0 aliphatic carbocycles. The van der Waals surface area contributed by atoms with Crippen LogP contribution < -0.4 is 11.1 Å². The van der Waals surface area contributed by atoms with Gasteiger partial charge < -0.3 is 16.0 Å². The fourth-order valence-corrected chi connectivity index (χ4v) is 2.52. The van der Waals surface area contributed by atoms with Gasteiger partial charge >= 0.3 is 0 Å². The molecule has 94 valence electrons. The van der Waals surface area contributed by atoms with Crippen LogP contribution in [0.1, 0.15) is 12.8 Å². The highest BCUT2D eigenvalue weighted by Gasteiger charge is 2.17. The van der Waals surface area contributed by atoms with Gasteiger partial charge in [-0.1, -0.05) is 0 Å². The van der Waals surface area contributed by atoms with Crippen LogP contribution in [0, 0.1) is 5.92 Å². The van der Waals surface area contributed by atoms with E-state index < -0.39 is 0 Å². The zero-order chi connectivity index (χ0) is 12.3. The molecule has 1 unspecified atom stereocenters. The lowest BCUT2D eigenvalue weighted by molar-refractivity contribution is 0.217. The second-order valence-electron chi connectivity index (χ2n) is 4.58. The Balaban J connectivity index is 1.90. The molecular weight excluding hydrogens is 282 g/mol. The molecule has 1 atom stereocenters. The van der Waals surface area contributed by atoms with Crippen LogP contribution in [0.3, 0.4) is 0 Å². The summed E-state index contributed by atoms with van der Waals surface area (Å²) in [6.45, 7) is 3.28. The maximum Gasteiger partial charge on any atom is 0.221 e. The SMILES string of the molecule is CN1CCCC(CNc2nc(N)ncc2Br)C1. The van der Waals surface area contributed by atoms with Crippen molar-refractivity contribution >= 4 is 27.7 Å². The summed E-state index contributed by atoms with van der Waals surface area (Å²) in [5.41, 5.74) is 5.57. The van der Waals surface area contributed by atoms with E-state index in [0.29, 0.717) is 11.9 Å². The lowest BCUT2D eigenvalue weighted by atomic mass is 9.98. The first-order valence-electron chi connectivity index (χ1n) is 5.85. The molecule has 2 heterocycles. The number of aromatic nitrogens is 2. The Morgan fingerprint density at radius 2 is 2.47 bits per heavy atom. The topological polar surface area (TPSA) is 67.1 Å². The van der Waals surface area contributed by atoms with Gasteiger partial charge in [0.25, 0.3) is 0 Å². The average molecular weight is 300 g/mol. The number of hydrogen-bond donors (Lipinski definition) is 2. The molecule has 1 aromatic heterocycles. The van der Waals surface area contributed by atoms with Gasteiger partial charge in [-0.15, -0.1) is 0 Å². The number of nitrogens with one attached hydrogen (secondary N) is 1. The number of anilines is 2. The van der Waals surface area contributed by atoms with Gasteiger partial charge in [-0.3, -0.25) is 0 Å². The van der Waals surface area contributed by atoms with Crippen LogP contribution in [0.4, 0.5) is 11.8 Å². The average Bonchev–Trinajstić information content (AvgIpc) is 2.30. The molecule has 0 saturated carbocycles. The van der Waals surface area contributed by atoms with Crippen LogP contribution >= 0.6 is 15.9 Å². The largest absolute Gasteiger partial charge is 0.369 e. The van der Waals surface area contributed by atoms with Crippen molar-refractivity contribution in [3.63, 3.8) is 0 Å². The number of hydrogen-bond acceptors (Lipinski definition) is 5. The summed E-state index contributed by atoms with van der Waals surface area (Å²) in [6, 6.07) is 0. The van der Waals surface area contributed by atoms with Gasteiger partial charge in [-0.2, -0.15) is 4.98 Å². The third kappa shape index (κ3) is 3.54. The van der Waals surface area contributed by atoms with Crippen LogP contribution in [0.5, 0.6) is 0 Å². The molecular formula is C11H18BrN5. The molecule has 0 spiro atoms. The second-order valence-corrected chi connectivity index (χ2v) is 5.43. The van der Waals surface area contributed by atoms with Crippen LogP contribution in [0.25, 0.3) is 0 Å². The summed E-state index contributed by atoms with van der Waals surface area (Å²) < 4.78 is 0.857. The minimum absolute atomic E-state index is 0.302. The molecule has 0 radical (unpaired) electrons. The lowest BCUT2D eigenvalue weighted by Crippen LogP contribution is -2.35. The maximum absolute atomic E-state index is 5.57. The van der Waals surface area contributed by atoms with Gasteiger partial charge in [0.15, 0.2) is 0 Å². The van der Waals surface area contributed by atoms with Crippen molar-refractivity contribution in [3.8, 4) is 0 Å². The van der Waals surface area contributed by atoms with Crippen molar-refractivity contribution in [3.05, 3.63) is 10.7 Å². The van der Waals surface area contributed by atoms with E-state index in [9.17, 15) is 0 Å². The summed E-state index contributed by atoms with van der Waals surface area (Å²) in [4.78, 5) is 10.5. The molecule has 3 N–H and O–H groups in total. The van der Waals surface area contributed by atoms with Crippen molar-refractivity contribution in [1.82, 2.24) is 14.9 Å². The third-order valence-corrected chi connectivity index (χ3v) is 3.62. The summed E-state index contributed by atoms with van der Waals surface area (Å²) in [7, 11) is 2.17. The molecule has 1 fully saturated rings. The molecule has 1 saturated heterocycles. The number of piperidine rings is 1. The molecule has 6 heteroatoms. The summed E-state index contributed by atoms with van der Waals surface area (Å²) in [5, 5.41) is 3.34. The molecule has 2 rings (SSSR count). The number of nitrogens with zero attached hydrogens (tertiary/aromatic N) is 3. The van der Waals surface area contributed by atoms with Gasteiger partial charge in [0.2, 0.25) is 5.95 Å². The van der Waals surface area contributed by atoms with Gasteiger partial charge in [-0.25, -0.2) is 4.98 Å². The number of rotatable bonds is 3. The summed E-state index contributed by atoms with van der Waals surface area (Å²) in [5.74, 6) is 1.76. The maximum atomic E-state index is 5.57. The Morgan fingerprint density at radius 3 is 3.24 bits per heavy atom. The first-order chi connectivity index (χ1) is 8.15. The molecule has 1 aliphatic rings. The predicted octanol–water partition coefficient (Wildman–Crippen LogP) is 1.57. The van der Waals surface area contributed by atoms with Crippen molar-refractivity contribution in [2.45, 2.75) is 12.8 Å². The first kappa shape index (κ1) is 12.6. The van der Waals surface area contributed by atoms with Crippen molar-refractivity contribution < 1.29 is 0 Å². The Hall–Kier alpha value is -0.880. The molecule has 1 aromatic rings. The number of nitrogen functional groups attached to an aromatic ring is 1. The monoisotopic (exact) mass is 299 g/mol. The van der Waals surface area contributed by atoms with Crippen LogP contribution in [-0.4, -0.2) is 41.5 Å².